The Morgan fingerprint density at radius 3 is 2.24 bits per heavy atom. The molecule has 2 amide bonds. The van der Waals surface area contributed by atoms with Crippen LogP contribution in [0.15, 0.2) is 22.7 Å². The van der Waals surface area contributed by atoms with E-state index in [4.69, 9.17) is 0 Å². The molecule has 4 nitrogen and oxygen atoms in total. The lowest BCUT2D eigenvalue weighted by Gasteiger charge is -2.34. The first kappa shape index (κ1) is 16.0. The van der Waals surface area contributed by atoms with E-state index in [0.717, 1.165) is 15.6 Å². The van der Waals surface area contributed by atoms with Crippen LogP contribution in [0.4, 0.5) is 0 Å². The van der Waals surface area contributed by atoms with Gasteiger partial charge < -0.3 is 9.80 Å². The number of carbonyl (C=O) groups excluding carboxylic acids is 2. The van der Waals surface area contributed by atoms with Crippen molar-refractivity contribution < 1.29 is 9.59 Å². The van der Waals surface area contributed by atoms with E-state index in [1.54, 1.807) is 0 Å². The van der Waals surface area contributed by atoms with Crippen molar-refractivity contribution in [3.63, 3.8) is 0 Å². The Kier molecular flexibility index (Phi) is 5.39. The lowest BCUT2D eigenvalue weighted by molar-refractivity contribution is -0.139. The van der Waals surface area contributed by atoms with Gasteiger partial charge in [-0.2, -0.15) is 0 Å². The van der Waals surface area contributed by atoms with E-state index in [-0.39, 0.29) is 11.8 Å². The summed E-state index contributed by atoms with van der Waals surface area (Å²) >= 11 is 3.44. The highest BCUT2D eigenvalue weighted by atomic mass is 79.9. The molecule has 1 aromatic carbocycles. The Labute approximate surface area is 134 Å². The van der Waals surface area contributed by atoms with Crippen LogP contribution in [-0.2, 0) is 16.0 Å². The summed E-state index contributed by atoms with van der Waals surface area (Å²) in [6.45, 7) is 6.46. The molecule has 1 fully saturated rings. The highest BCUT2D eigenvalue weighted by Crippen LogP contribution is 2.17. The van der Waals surface area contributed by atoms with Gasteiger partial charge in [0.2, 0.25) is 11.8 Å². The lowest BCUT2D eigenvalue weighted by Crippen LogP contribution is -2.50. The minimum atomic E-state index is 0.139. The zero-order valence-electron chi connectivity index (χ0n) is 12.6. The molecule has 1 saturated heterocycles. The normalized spacial score (nSPS) is 15.2. The van der Waals surface area contributed by atoms with Crippen molar-refractivity contribution in [2.24, 2.45) is 0 Å². The van der Waals surface area contributed by atoms with E-state index in [1.807, 2.05) is 41.8 Å². The van der Waals surface area contributed by atoms with Crippen LogP contribution in [0.2, 0.25) is 0 Å². The molecule has 21 heavy (non-hydrogen) atoms. The van der Waals surface area contributed by atoms with Gasteiger partial charge in [-0.05, 0) is 30.2 Å². The van der Waals surface area contributed by atoms with Crippen molar-refractivity contribution in [1.82, 2.24) is 9.80 Å². The molecular weight excluding hydrogens is 332 g/mol. The van der Waals surface area contributed by atoms with E-state index in [2.05, 4.69) is 15.9 Å². The molecule has 0 aliphatic carbocycles. The number of hydrogen-bond acceptors (Lipinski definition) is 2. The molecular formula is C16H21BrN2O2. The first-order valence-corrected chi connectivity index (χ1v) is 8.11. The molecule has 0 N–H and O–H groups in total. The molecule has 1 heterocycles. The zero-order chi connectivity index (χ0) is 15.4. The highest BCUT2D eigenvalue weighted by molar-refractivity contribution is 9.10. The fourth-order valence-corrected chi connectivity index (χ4v) is 2.94. The second kappa shape index (κ2) is 7.07. The molecule has 0 spiro atoms. The topological polar surface area (TPSA) is 40.6 Å². The molecule has 0 unspecified atom stereocenters. The fourth-order valence-electron chi connectivity index (χ4n) is 2.53. The van der Waals surface area contributed by atoms with Crippen LogP contribution in [0.25, 0.3) is 0 Å². The van der Waals surface area contributed by atoms with Gasteiger partial charge in [-0.1, -0.05) is 28.9 Å². The molecule has 1 aliphatic heterocycles. The SMILES string of the molecule is CCC(=O)N1CCN(C(=O)Cc2cc(Br)ccc2C)CC1. The molecule has 1 aliphatic rings. The third-order valence-corrected chi connectivity index (χ3v) is 4.43. The third kappa shape index (κ3) is 4.06. The van der Waals surface area contributed by atoms with Crippen molar-refractivity contribution in [2.75, 3.05) is 26.2 Å². The maximum atomic E-state index is 12.4. The lowest BCUT2D eigenvalue weighted by atomic mass is 10.1. The zero-order valence-corrected chi connectivity index (χ0v) is 14.1. The summed E-state index contributed by atoms with van der Waals surface area (Å²) in [5.41, 5.74) is 2.19. The molecule has 2 rings (SSSR count). The Balaban J connectivity index is 1.93. The minimum absolute atomic E-state index is 0.139. The van der Waals surface area contributed by atoms with Crippen LogP contribution < -0.4 is 0 Å². The van der Waals surface area contributed by atoms with Crippen molar-refractivity contribution in [3.05, 3.63) is 33.8 Å². The van der Waals surface area contributed by atoms with Crippen molar-refractivity contribution in [1.29, 1.82) is 0 Å². The van der Waals surface area contributed by atoms with Gasteiger partial charge in [-0.25, -0.2) is 0 Å². The van der Waals surface area contributed by atoms with Crippen LogP contribution in [0.1, 0.15) is 24.5 Å². The van der Waals surface area contributed by atoms with E-state index >= 15 is 0 Å². The molecule has 0 bridgehead atoms. The average Bonchev–Trinajstić information content (AvgIpc) is 2.50. The minimum Gasteiger partial charge on any atom is -0.339 e. The fraction of sp³-hybridized carbons (Fsp3) is 0.500. The first-order valence-electron chi connectivity index (χ1n) is 7.32. The van der Waals surface area contributed by atoms with E-state index in [9.17, 15) is 9.59 Å². The number of amides is 2. The Hall–Kier alpha value is -1.36. The van der Waals surface area contributed by atoms with E-state index < -0.39 is 0 Å². The Bertz CT molecular complexity index is 537. The predicted octanol–water partition coefficient (Wildman–Crippen LogP) is 2.38. The van der Waals surface area contributed by atoms with Gasteiger partial charge in [-0.3, -0.25) is 9.59 Å². The van der Waals surface area contributed by atoms with Gasteiger partial charge in [0, 0.05) is 37.1 Å². The Morgan fingerprint density at radius 1 is 1.10 bits per heavy atom. The number of hydrogen-bond donors (Lipinski definition) is 0. The quantitative estimate of drug-likeness (QED) is 0.837. The summed E-state index contributed by atoms with van der Waals surface area (Å²) in [7, 11) is 0. The van der Waals surface area contributed by atoms with Crippen LogP contribution >= 0.6 is 15.9 Å². The highest BCUT2D eigenvalue weighted by Gasteiger charge is 2.23. The number of carbonyl (C=O) groups is 2. The largest absolute Gasteiger partial charge is 0.339 e. The Morgan fingerprint density at radius 2 is 1.67 bits per heavy atom. The summed E-state index contributed by atoms with van der Waals surface area (Å²) < 4.78 is 0.995. The maximum Gasteiger partial charge on any atom is 0.227 e. The third-order valence-electron chi connectivity index (χ3n) is 3.94. The first-order chi connectivity index (χ1) is 10.0. The number of rotatable bonds is 3. The number of aryl methyl sites for hydroxylation is 1. The number of halogens is 1. The van der Waals surface area contributed by atoms with Gasteiger partial charge in [0.25, 0.3) is 0 Å². The second-order valence-corrected chi connectivity index (χ2v) is 6.28. The van der Waals surface area contributed by atoms with Gasteiger partial charge in [-0.15, -0.1) is 0 Å². The van der Waals surface area contributed by atoms with Gasteiger partial charge in [0.05, 0.1) is 6.42 Å². The summed E-state index contributed by atoms with van der Waals surface area (Å²) in [6.07, 6.45) is 0.957. The molecule has 0 aromatic heterocycles. The summed E-state index contributed by atoms with van der Waals surface area (Å²) in [4.78, 5) is 27.7. The number of piperazine rings is 1. The van der Waals surface area contributed by atoms with Crippen LogP contribution in [0.5, 0.6) is 0 Å². The van der Waals surface area contributed by atoms with Crippen molar-refractivity contribution in [3.8, 4) is 0 Å². The molecule has 1 aromatic rings. The molecule has 5 heteroatoms. The number of benzene rings is 1. The molecule has 0 radical (unpaired) electrons. The summed E-state index contributed by atoms with van der Waals surface area (Å²) in [6, 6.07) is 6.01. The summed E-state index contributed by atoms with van der Waals surface area (Å²) in [5, 5.41) is 0. The second-order valence-electron chi connectivity index (χ2n) is 5.36. The average molecular weight is 353 g/mol. The van der Waals surface area contributed by atoms with Crippen molar-refractivity contribution >= 4 is 27.7 Å². The standard InChI is InChI=1S/C16H21BrN2O2/c1-3-15(20)18-6-8-19(9-7-18)16(21)11-13-10-14(17)5-4-12(13)2/h4-5,10H,3,6-9,11H2,1-2H3. The molecule has 0 atom stereocenters. The van der Waals surface area contributed by atoms with Crippen LogP contribution in [-0.4, -0.2) is 47.8 Å². The van der Waals surface area contributed by atoms with Gasteiger partial charge in [0.15, 0.2) is 0 Å². The van der Waals surface area contributed by atoms with E-state index in [0.29, 0.717) is 39.0 Å². The van der Waals surface area contributed by atoms with Crippen LogP contribution in [0, 0.1) is 6.92 Å². The predicted molar refractivity (Wildman–Crippen MR) is 86.0 cm³/mol. The summed E-state index contributed by atoms with van der Waals surface area (Å²) in [5.74, 6) is 0.310. The smallest absolute Gasteiger partial charge is 0.227 e. The van der Waals surface area contributed by atoms with Gasteiger partial charge in [0.1, 0.15) is 0 Å². The van der Waals surface area contributed by atoms with E-state index in [1.165, 1.54) is 0 Å². The van der Waals surface area contributed by atoms with Crippen molar-refractivity contribution in [2.45, 2.75) is 26.7 Å². The molecule has 114 valence electrons. The maximum absolute atomic E-state index is 12.4. The molecule has 0 saturated carbocycles. The number of nitrogens with zero attached hydrogens (tertiary/aromatic N) is 2. The monoisotopic (exact) mass is 352 g/mol. The van der Waals surface area contributed by atoms with Crippen LogP contribution in [0.3, 0.4) is 0 Å². The van der Waals surface area contributed by atoms with Gasteiger partial charge >= 0.3 is 0 Å².